The van der Waals surface area contributed by atoms with E-state index >= 15 is 0 Å². The Labute approximate surface area is 135 Å². The van der Waals surface area contributed by atoms with Crippen molar-refractivity contribution in [3.05, 3.63) is 35.5 Å². The molecule has 6 atom stereocenters. The summed E-state index contributed by atoms with van der Waals surface area (Å²) in [6, 6.07) is 0. The molecule has 2 aliphatic rings. The summed E-state index contributed by atoms with van der Waals surface area (Å²) in [5.41, 5.74) is 3.72. The molecule has 1 fully saturated rings. The number of rotatable bonds is 4. The van der Waals surface area contributed by atoms with Gasteiger partial charge in [-0.15, -0.1) is 0 Å². The van der Waals surface area contributed by atoms with Gasteiger partial charge in [0.2, 0.25) is 0 Å². The maximum atomic E-state index is 11.0. The van der Waals surface area contributed by atoms with Crippen LogP contribution in [0.4, 0.5) is 0 Å². The zero-order valence-corrected chi connectivity index (χ0v) is 14.5. The van der Waals surface area contributed by atoms with Gasteiger partial charge in [-0.2, -0.15) is 0 Å². The molecule has 2 heteroatoms. The summed E-state index contributed by atoms with van der Waals surface area (Å²) in [5.74, 6) is 0.722. The molecule has 2 aliphatic carbocycles. The van der Waals surface area contributed by atoms with Crippen molar-refractivity contribution in [3.8, 4) is 0 Å². The molecular formula is C20H32O2. The second-order valence-electron chi connectivity index (χ2n) is 7.65. The lowest BCUT2D eigenvalue weighted by atomic mass is 9.75. The van der Waals surface area contributed by atoms with Crippen LogP contribution in [0, 0.1) is 23.7 Å². The first kappa shape index (κ1) is 17.5. The van der Waals surface area contributed by atoms with Gasteiger partial charge in [-0.3, -0.25) is 0 Å². The summed E-state index contributed by atoms with van der Waals surface area (Å²) in [6.07, 6.45) is 7.19. The fourth-order valence-corrected chi connectivity index (χ4v) is 4.41. The molecule has 2 N–H and O–H groups in total. The van der Waals surface area contributed by atoms with Crippen LogP contribution in [0.1, 0.15) is 53.4 Å². The van der Waals surface area contributed by atoms with Gasteiger partial charge < -0.3 is 10.2 Å². The van der Waals surface area contributed by atoms with Crippen LogP contribution in [0.25, 0.3) is 0 Å². The van der Waals surface area contributed by atoms with E-state index in [2.05, 4.69) is 46.4 Å². The smallest absolute Gasteiger partial charge is 0.0666 e. The third-order valence-corrected chi connectivity index (χ3v) is 5.69. The Kier molecular flexibility index (Phi) is 5.68. The molecule has 2 rings (SSSR count). The minimum Gasteiger partial charge on any atom is -0.392 e. The Balaban J connectivity index is 2.16. The van der Waals surface area contributed by atoms with Crippen LogP contribution < -0.4 is 0 Å². The lowest BCUT2D eigenvalue weighted by molar-refractivity contribution is -0.0311. The highest BCUT2D eigenvalue weighted by atomic mass is 16.3. The Morgan fingerprint density at radius 3 is 2.73 bits per heavy atom. The number of hydrogen-bond donors (Lipinski definition) is 2. The highest BCUT2D eigenvalue weighted by Gasteiger charge is 2.45. The van der Waals surface area contributed by atoms with Crippen LogP contribution in [-0.2, 0) is 0 Å². The largest absolute Gasteiger partial charge is 0.392 e. The van der Waals surface area contributed by atoms with Crippen molar-refractivity contribution in [2.24, 2.45) is 23.7 Å². The van der Waals surface area contributed by atoms with Crippen molar-refractivity contribution in [2.45, 2.75) is 65.6 Å². The van der Waals surface area contributed by atoms with E-state index in [1.807, 2.05) is 0 Å². The summed E-state index contributed by atoms with van der Waals surface area (Å²) in [6.45, 7) is 12.7. The molecule has 0 aromatic rings. The van der Waals surface area contributed by atoms with Crippen LogP contribution in [-0.4, -0.2) is 22.4 Å². The fraction of sp³-hybridized carbons (Fsp3) is 0.700. The number of fused-ring (bicyclic) bond motifs is 1. The molecule has 0 radical (unpaired) electrons. The molecule has 22 heavy (non-hydrogen) atoms. The van der Waals surface area contributed by atoms with E-state index < -0.39 is 12.2 Å². The van der Waals surface area contributed by atoms with Gasteiger partial charge in [0.1, 0.15) is 0 Å². The second-order valence-corrected chi connectivity index (χ2v) is 7.65. The molecule has 0 heterocycles. The van der Waals surface area contributed by atoms with Crippen molar-refractivity contribution in [1.82, 2.24) is 0 Å². The van der Waals surface area contributed by atoms with E-state index in [-0.39, 0.29) is 11.8 Å². The topological polar surface area (TPSA) is 40.5 Å². The lowest BCUT2D eigenvalue weighted by Gasteiger charge is -2.34. The maximum absolute atomic E-state index is 11.0. The second kappa shape index (κ2) is 7.14. The number of hydrogen-bond acceptors (Lipinski definition) is 2. The van der Waals surface area contributed by atoms with Crippen molar-refractivity contribution in [2.75, 3.05) is 0 Å². The van der Waals surface area contributed by atoms with Crippen molar-refractivity contribution >= 4 is 0 Å². The first-order valence-corrected chi connectivity index (χ1v) is 8.66. The van der Waals surface area contributed by atoms with E-state index in [1.54, 1.807) is 0 Å². The van der Waals surface area contributed by atoms with E-state index in [0.29, 0.717) is 18.3 Å². The molecular weight excluding hydrogens is 272 g/mol. The first-order chi connectivity index (χ1) is 10.3. The molecule has 0 amide bonds. The van der Waals surface area contributed by atoms with Gasteiger partial charge in [0.25, 0.3) is 0 Å². The van der Waals surface area contributed by atoms with Crippen LogP contribution in [0.15, 0.2) is 35.5 Å². The molecule has 124 valence electrons. The normalized spacial score (nSPS) is 36.4. The molecule has 0 aromatic carbocycles. The number of aliphatic hydroxyl groups is 2. The fourth-order valence-electron chi connectivity index (χ4n) is 4.41. The highest BCUT2D eigenvalue weighted by Crippen LogP contribution is 2.47. The van der Waals surface area contributed by atoms with Crippen molar-refractivity contribution in [1.29, 1.82) is 0 Å². The summed E-state index contributed by atoms with van der Waals surface area (Å²) in [7, 11) is 0. The lowest BCUT2D eigenvalue weighted by Crippen LogP contribution is -2.40. The Morgan fingerprint density at radius 2 is 2.09 bits per heavy atom. The molecule has 1 saturated carbocycles. The van der Waals surface area contributed by atoms with Crippen LogP contribution in [0.5, 0.6) is 0 Å². The summed E-state index contributed by atoms with van der Waals surface area (Å²) in [5, 5.41) is 21.7. The van der Waals surface area contributed by atoms with Crippen molar-refractivity contribution < 1.29 is 10.2 Å². The molecule has 0 spiro atoms. The third-order valence-electron chi connectivity index (χ3n) is 5.69. The van der Waals surface area contributed by atoms with E-state index in [9.17, 15) is 10.2 Å². The van der Waals surface area contributed by atoms with E-state index in [0.717, 1.165) is 24.8 Å². The summed E-state index contributed by atoms with van der Waals surface area (Å²) in [4.78, 5) is 0. The Hall–Kier alpha value is -0.860. The molecule has 0 saturated heterocycles. The van der Waals surface area contributed by atoms with Crippen LogP contribution in [0.2, 0.25) is 0 Å². The van der Waals surface area contributed by atoms with E-state index in [1.165, 1.54) is 11.1 Å². The van der Waals surface area contributed by atoms with Gasteiger partial charge >= 0.3 is 0 Å². The minimum atomic E-state index is -0.470. The summed E-state index contributed by atoms with van der Waals surface area (Å²) < 4.78 is 0. The summed E-state index contributed by atoms with van der Waals surface area (Å²) >= 11 is 0. The van der Waals surface area contributed by atoms with Crippen molar-refractivity contribution in [3.63, 3.8) is 0 Å². The van der Waals surface area contributed by atoms with Gasteiger partial charge in [-0.05, 0) is 58.3 Å². The maximum Gasteiger partial charge on any atom is 0.0666 e. The molecule has 2 nitrogen and oxygen atoms in total. The zero-order valence-electron chi connectivity index (χ0n) is 14.5. The van der Waals surface area contributed by atoms with Gasteiger partial charge in [0.05, 0.1) is 12.2 Å². The number of allylic oxidation sites excluding steroid dienone is 3. The minimum absolute atomic E-state index is 0.0567. The SMILES string of the molecule is C=C1C[C@@H](O)[C@@H](C(C)CCC=C(C)C)[C@@H](O)[C@@H]2C(C)=CC[C@@H]12. The molecule has 1 unspecified atom stereocenters. The van der Waals surface area contributed by atoms with Crippen LogP contribution >= 0.6 is 0 Å². The monoisotopic (exact) mass is 304 g/mol. The average Bonchev–Trinajstić information content (AvgIpc) is 2.75. The van der Waals surface area contributed by atoms with Gasteiger partial charge in [0, 0.05) is 11.8 Å². The Morgan fingerprint density at radius 1 is 1.41 bits per heavy atom. The quantitative estimate of drug-likeness (QED) is 0.762. The highest BCUT2D eigenvalue weighted by molar-refractivity contribution is 5.25. The predicted molar refractivity (Wildman–Crippen MR) is 92.4 cm³/mol. The van der Waals surface area contributed by atoms with Gasteiger partial charge in [-0.25, -0.2) is 0 Å². The molecule has 0 aromatic heterocycles. The molecule has 0 bridgehead atoms. The zero-order chi connectivity index (χ0) is 16.4. The molecule has 0 aliphatic heterocycles. The predicted octanol–water partition coefficient (Wildman–Crippen LogP) is 4.25. The van der Waals surface area contributed by atoms with Gasteiger partial charge in [-0.1, -0.05) is 42.4 Å². The first-order valence-electron chi connectivity index (χ1n) is 8.66. The van der Waals surface area contributed by atoms with Crippen LogP contribution in [0.3, 0.4) is 0 Å². The third kappa shape index (κ3) is 3.55. The van der Waals surface area contributed by atoms with E-state index in [4.69, 9.17) is 0 Å². The van der Waals surface area contributed by atoms with Gasteiger partial charge in [0.15, 0.2) is 0 Å². The Bertz CT molecular complexity index is 470. The number of aliphatic hydroxyl groups excluding tert-OH is 2. The average molecular weight is 304 g/mol. The standard InChI is InChI=1S/C20H32O2/c1-12(2)7-6-8-13(3)19-17(21)11-15(5)16-10-9-14(4)18(16)20(19)22/h7,9,13,16-22H,5-6,8,10-11H2,1-4H3/t13?,16-,17+,18+,19+,20-/m0/s1.